The molecule has 6 nitrogen and oxygen atoms in total. The lowest BCUT2D eigenvalue weighted by atomic mass is 9.43. The highest BCUT2D eigenvalue weighted by atomic mass is 16.5. The molecule has 4 bridgehead atoms. The maximum absolute atomic E-state index is 12.2. The molecule has 0 aromatic carbocycles. The summed E-state index contributed by atoms with van der Waals surface area (Å²) in [6, 6.07) is 2.81. The number of amides is 1. The van der Waals surface area contributed by atoms with Gasteiger partial charge in [-0.1, -0.05) is 13.8 Å². The summed E-state index contributed by atoms with van der Waals surface area (Å²) < 4.78 is 7.58. The summed E-state index contributed by atoms with van der Waals surface area (Å²) in [5.41, 5.74) is 0.880. The van der Waals surface area contributed by atoms with Crippen molar-refractivity contribution in [2.24, 2.45) is 23.8 Å². The predicted octanol–water partition coefficient (Wildman–Crippen LogP) is 2.28. The second-order valence-corrected chi connectivity index (χ2v) is 9.60. The van der Waals surface area contributed by atoms with Gasteiger partial charge < -0.3 is 10.1 Å². The molecule has 1 aromatic heterocycles. The number of nitrogens with zero attached hydrogens (tertiary/aromatic N) is 2. The van der Waals surface area contributed by atoms with Gasteiger partial charge in [0.1, 0.15) is 5.69 Å². The van der Waals surface area contributed by atoms with Crippen LogP contribution < -0.4 is 10.9 Å². The van der Waals surface area contributed by atoms with Crippen molar-refractivity contribution in [2.45, 2.75) is 58.0 Å². The number of hydrogen-bond acceptors (Lipinski definition) is 4. The van der Waals surface area contributed by atoms with Crippen molar-refractivity contribution in [3.63, 3.8) is 0 Å². The first-order valence-corrected chi connectivity index (χ1v) is 9.67. The van der Waals surface area contributed by atoms with Crippen LogP contribution in [0, 0.1) is 16.7 Å². The van der Waals surface area contributed by atoms with Crippen LogP contribution in [0.2, 0.25) is 0 Å². The number of nitrogens with one attached hydrogen (secondary N) is 1. The number of aromatic nitrogens is 2. The molecule has 2 unspecified atom stereocenters. The summed E-state index contributed by atoms with van der Waals surface area (Å²) in [5.74, 6) is 0.527. The van der Waals surface area contributed by atoms with Crippen molar-refractivity contribution in [3.8, 4) is 0 Å². The monoisotopic (exact) mass is 359 g/mol. The third-order valence-electron chi connectivity index (χ3n) is 6.56. The molecular formula is C20H29N3O3. The smallest absolute Gasteiger partial charge is 0.271 e. The Morgan fingerprint density at radius 1 is 1.23 bits per heavy atom. The first-order chi connectivity index (χ1) is 12.2. The van der Waals surface area contributed by atoms with E-state index in [1.54, 1.807) is 0 Å². The van der Waals surface area contributed by atoms with E-state index >= 15 is 0 Å². The molecule has 0 aliphatic heterocycles. The summed E-state index contributed by atoms with van der Waals surface area (Å²) in [4.78, 5) is 23.5. The van der Waals surface area contributed by atoms with Crippen LogP contribution in [0.1, 0.15) is 62.9 Å². The topological polar surface area (TPSA) is 73.2 Å². The van der Waals surface area contributed by atoms with Crippen molar-refractivity contribution in [1.29, 1.82) is 0 Å². The Morgan fingerprint density at radius 2 is 1.92 bits per heavy atom. The van der Waals surface area contributed by atoms with Crippen molar-refractivity contribution in [2.75, 3.05) is 13.2 Å². The largest absolute Gasteiger partial charge is 0.373 e. The molecule has 0 spiro atoms. The quantitative estimate of drug-likeness (QED) is 0.819. The zero-order chi connectivity index (χ0) is 18.6. The number of rotatable bonds is 5. The second-order valence-electron chi connectivity index (χ2n) is 9.60. The number of ether oxygens (including phenoxy) is 1. The van der Waals surface area contributed by atoms with Gasteiger partial charge in [-0.15, -0.1) is 0 Å². The van der Waals surface area contributed by atoms with Crippen LogP contribution in [-0.2, 0) is 11.8 Å². The van der Waals surface area contributed by atoms with Crippen LogP contribution in [-0.4, -0.2) is 34.4 Å². The minimum absolute atomic E-state index is 0.00252. The third kappa shape index (κ3) is 3.20. The summed E-state index contributed by atoms with van der Waals surface area (Å²) in [7, 11) is 1.54. The molecule has 5 rings (SSSR count). The molecular weight excluding hydrogens is 330 g/mol. The van der Waals surface area contributed by atoms with Crippen LogP contribution >= 0.6 is 0 Å². The molecule has 1 aromatic rings. The molecule has 26 heavy (non-hydrogen) atoms. The van der Waals surface area contributed by atoms with Gasteiger partial charge in [-0.2, -0.15) is 5.10 Å². The number of carbonyl (C=O) groups excluding carboxylic acids is 1. The van der Waals surface area contributed by atoms with Gasteiger partial charge in [0.2, 0.25) is 0 Å². The van der Waals surface area contributed by atoms with E-state index in [-0.39, 0.29) is 22.8 Å². The maximum atomic E-state index is 12.2. The highest BCUT2D eigenvalue weighted by Gasteiger charge is 2.60. The molecule has 4 fully saturated rings. The van der Waals surface area contributed by atoms with E-state index in [1.807, 2.05) is 0 Å². The maximum Gasteiger partial charge on any atom is 0.271 e. The highest BCUT2D eigenvalue weighted by molar-refractivity contribution is 5.91. The molecule has 4 saturated carbocycles. The molecule has 6 heteroatoms. The Labute approximate surface area is 154 Å². The van der Waals surface area contributed by atoms with Gasteiger partial charge in [-0.25, -0.2) is 4.68 Å². The summed E-state index contributed by atoms with van der Waals surface area (Å²) in [6.07, 6.45) is 7.52. The normalized spacial score (nSPS) is 37.7. The van der Waals surface area contributed by atoms with Gasteiger partial charge >= 0.3 is 0 Å². The molecule has 0 saturated heterocycles. The molecule has 0 radical (unpaired) electrons. The molecule has 4 aliphatic rings. The lowest BCUT2D eigenvalue weighted by molar-refractivity contribution is -0.213. The molecule has 2 atom stereocenters. The minimum Gasteiger partial charge on any atom is -0.373 e. The first kappa shape index (κ1) is 17.7. The van der Waals surface area contributed by atoms with E-state index in [2.05, 4.69) is 24.3 Å². The first-order valence-electron chi connectivity index (χ1n) is 9.67. The summed E-state index contributed by atoms with van der Waals surface area (Å²) >= 11 is 0. The SMILES string of the molecule is Cn1nc(C(=O)NCCOC23CC4CC(C)(CC(C)(C4)C2)C3)ccc1=O. The Bertz CT molecular complexity index is 769. The average Bonchev–Trinajstić information content (AvgIpc) is 2.50. The van der Waals surface area contributed by atoms with Gasteiger partial charge in [0, 0.05) is 19.7 Å². The third-order valence-corrected chi connectivity index (χ3v) is 6.56. The molecule has 1 heterocycles. The van der Waals surface area contributed by atoms with E-state index in [9.17, 15) is 9.59 Å². The van der Waals surface area contributed by atoms with Gasteiger partial charge in [-0.05, 0) is 61.3 Å². The van der Waals surface area contributed by atoms with Crippen LogP contribution in [0.5, 0.6) is 0 Å². The minimum atomic E-state index is -0.270. The van der Waals surface area contributed by atoms with Crippen LogP contribution in [0.15, 0.2) is 16.9 Å². The van der Waals surface area contributed by atoms with E-state index in [4.69, 9.17) is 4.74 Å². The van der Waals surface area contributed by atoms with Crippen molar-refractivity contribution in [1.82, 2.24) is 15.1 Å². The van der Waals surface area contributed by atoms with Crippen molar-refractivity contribution < 1.29 is 9.53 Å². The Hall–Kier alpha value is -1.69. The zero-order valence-electron chi connectivity index (χ0n) is 16.0. The van der Waals surface area contributed by atoms with Gasteiger partial charge in [0.25, 0.3) is 11.5 Å². The Morgan fingerprint density at radius 3 is 2.54 bits per heavy atom. The molecule has 1 amide bonds. The fraction of sp³-hybridized carbons (Fsp3) is 0.750. The van der Waals surface area contributed by atoms with E-state index in [0.717, 1.165) is 18.8 Å². The molecule has 4 aliphatic carbocycles. The van der Waals surface area contributed by atoms with Crippen molar-refractivity contribution in [3.05, 3.63) is 28.2 Å². The lowest BCUT2D eigenvalue weighted by Crippen LogP contribution is -2.59. The highest BCUT2D eigenvalue weighted by Crippen LogP contribution is 2.67. The zero-order valence-corrected chi connectivity index (χ0v) is 16.0. The average molecular weight is 359 g/mol. The van der Waals surface area contributed by atoms with E-state index < -0.39 is 0 Å². The van der Waals surface area contributed by atoms with Crippen LogP contribution in [0.25, 0.3) is 0 Å². The predicted molar refractivity (Wildman–Crippen MR) is 97.9 cm³/mol. The fourth-order valence-corrected chi connectivity index (χ4v) is 6.65. The number of carbonyl (C=O) groups is 1. The second kappa shape index (κ2) is 5.91. The standard InChI is InChI=1S/C20H29N3O3/c1-18-8-14-9-19(2,11-18)13-20(10-14,12-18)26-7-6-21-17(25)15-4-5-16(24)23(3)22-15/h4-5,14H,6-13H2,1-3H3,(H,21,25). The van der Waals surface area contributed by atoms with Gasteiger partial charge in [0.15, 0.2) is 0 Å². The summed E-state index contributed by atoms with van der Waals surface area (Å²) in [5, 5.41) is 6.83. The van der Waals surface area contributed by atoms with Gasteiger partial charge in [-0.3, -0.25) is 9.59 Å². The van der Waals surface area contributed by atoms with Gasteiger partial charge in [0.05, 0.1) is 12.2 Å². The Kier molecular flexibility index (Phi) is 4.03. The van der Waals surface area contributed by atoms with Crippen molar-refractivity contribution >= 4 is 5.91 Å². The summed E-state index contributed by atoms with van der Waals surface area (Å²) in [6.45, 7) is 5.85. The van der Waals surface area contributed by atoms with E-state index in [0.29, 0.717) is 24.0 Å². The fourth-order valence-electron chi connectivity index (χ4n) is 6.65. The number of aryl methyl sites for hydroxylation is 1. The molecule has 1 N–H and O–H groups in total. The lowest BCUT2D eigenvalue weighted by Gasteiger charge is -2.65. The number of hydrogen-bond donors (Lipinski definition) is 1. The Balaban J connectivity index is 1.33. The van der Waals surface area contributed by atoms with Crippen LogP contribution in [0.4, 0.5) is 0 Å². The van der Waals surface area contributed by atoms with Crippen LogP contribution in [0.3, 0.4) is 0 Å². The molecule has 142 valence electrons. The van der Waals surface area contributed by atoms with E-state index in [1.165, 1.54) is 49.5 Å².